The number of hydrogen-bond acceptors (Lipinski definition) is 2. The Balaban J connectivity index is 1.49. The summed E-state index contributed by atoms with van der Waals surface area (Å²) in [6.07, 6.45) is 1.81. The molecule has 33 heavy (non-hydrogen) atoms. The van der Waals surface area contributed by atoms with Crippen LogP contribution < -0.4 is 0 Å². The van der Waals surface area contributed by atoms with E-state index in [-0.39, 0.29) is 5.92 Å². The monoisotopic (exact) mass is 430 g/mol. The zero-order valence-corrected chi connectivity index (χ0v) is 19.0. The molecule has 2 nitrogen and oxygen atoms in total. The van der Waals surface area contributed by atoms with E-state index in [0.29, 0.717) is 0 Å². The van der Waals surface area contributed by atoms with Crippen LogP contribution >= 0.6 is 0 Å². The fourth-order valence-electron chi connectivity index (χ4n) is 4.33. The number of nitriles is 1. The average molecular weight is 431 g/mol. The lowest BCUT2D eigenvalue weighted by Crippen LogP contribution is -2.28. The number of hydrogen-bond donors (Lipinski definition) is 0. The summed E-state index contributed by atoms with van der Waals surface area (Å²) >= 11 is 0. The lowest BCUT2D eigenvalue weighted by molar-refractivity contribution is 0.262. The van der Waals surface area contributed by atoms with Crippen molar-refractivity contribution < 1.29 is 0 Å². The van der Waals surface area contributed by atoms with Crippen LogP contribution in [-0.2, 0) is 13.0 Å². The van der Waals surface area contributed by atoms with E-state index >= 15 is 0 Å². The fraction of sp³-hybridized carbons (Fsp3) is 0.194. The second kappa shape index (κ2) is 11.8. The lowest BCUT2D eigenvalue weighted by Gasteiger charge is -2.24. The van der Waals surface area contributed by atoms with Gasteiger partial charge >= 0.3 is 0 Å². The van der Waals surface area contributed by atoms with Gasteiger partial charge in [-0.25, -0.2) is 0 Å². The van der Waals surface area contributed by atoms with Crippen LogP contribution in [0.4, 0.5) is 0 Å². The maximum Gasteiger partial charge on any atom is 0.0730 e. The van der Waals surface area contributed by atoms with Gasteiger partial charge in [0, 0.05) is 19.6 Å². The third-order valence-electron chi connectivity index (χ3n) is 6.12. The molecule has 4 aromatic carbocycles. The molecule has 0 amide bonds. The summed E-state index contributed by atoms with van der Waals surface area (Å²) in [4.78, 5) is 2.48. The molecule has 0 aliphatic carbocycles. The second-order valence-electron chi connectivity index (χ2n) is 8.42. The second-order valence-corrected chi connectivity index (χ2v) is 8.42. The van der Waals surface area contributed by atoms with Gasteiger partial charge in [-0.3, -0.25) is 4.90 Å². The minimum atomic E-state index is -0.142. The molecule has 1 atom stereocenters. The molecule has 0 fully saturated rings. The first-order chi connectivity index (χ1) is 16.3. The smallest absolute Gasteiger partial charge is 0.0730 e. The first kappa shape index (κ1) is 22.5. The van der Waals surface area contributed by atoms with Gasteiger partial charge in [0.25, 0.3) is 0 Å². The topological polar surface area (TPSA) is 27.0 Å². The summed E-state index contributed by atoms with van der Waals surface area (Å²) < 4.78 is 0. The van der Waals surface area contributed by atoms with Gasteiger partial charge in [-0.05, 0) is 40.7 Å². The number of rotatable bonds is 10. The average Bonchev–Trinajstić information content (AvgIpc) is 2.89. The predicted molar refractivity (Wildman–Crippen MR) is 137 cm³/mol. The molecule has 0 spiro atoms. The van der Waals surface area contributed by atoms with Gasteiger partial charge in [0.1, 0.15) is 0 Å². The summed E-state index contributed by atoms with van der Waals surface area (Å²) in [5.41, 5.74) is 6.10. The highest BCUT2D eigenvalue weighted by molar-refractivity contribution is 5.68. The van der Waals surface area contributed by atoms with Crippen LogP contribution in [0.1, 0.15) is 29.0 Å². The van der Waals surface area contributed by atoms with Crippen molar-refractivity contribution >= 4 is 0 Å². The quantitative estimate of drug-likeness (QED) is 0.268. The molecular weight excluding hydrogens is 400 g/mol. The van der Waals surface area contributed by atoms with E-state index < -0.39 is 0 Å². The van der Waals surface area contributed by atoms with Crippen LogP contribution in [0.2, 0.25) is 0 Å². The minimum absolute atomic E-state index is 0.142. The number of nitrogens with zero attached hydrogens (tertiary/aromatic N) is 2. The van der Waals surface area contributed by atoms with Crippen LogP contribution in [0.3, 0.4) is 0 Å². The Hall–Kier alpha value is -3.67. The normalized spacial score (nSPS) is 11.8. The van der Waals surface area contributed by atoms with Gasteiger partial charge in [0.05, 0.1) is 12.0 Å². The zero-order valence-electron chi connectivity index (χ0n) is 19.0. The third-order valence-corrected chi connectivity index (χ3v) is 6.12. The summed E-state index contributed by atoms with van der Waals surface area (Å²) in [5, 5.41) is 10.1. The molecule has 0 saturated heterocycles. The zero-order chi connectivity index (χ0) is 22.7. The Morgan fingerprint density at radius 3 is 1.88 bits per heavy atom. The van der Waals surface area contributed by atoms with E-state index in [2.05, 4.69) is 114 Å². The SMILES string of the molecule is N#CC(CCN(CCc1ccccc1)Cc1ccccc1)c1ccccc1-c1ccccc1. The maximum absolute atomic E-state index is 10.1. The molecule has 2 heteroatoms. The van der Waals surface area contributed by atoms with Gasteiger partial charge < -0.3 is 0 Å². The van der Waals surface area contributed by atoms with Crippen molar-refractivity contribution in [3.8, 4) is 17.2 Å². The van der Waals surface area contributed by atoms with Crippen molar-refractivity contribution in [2.75, 3.05) is 13.1 Å². The van der Waals surface area contributed by atoms with Gasteiger partial charge in [0.15, 0.2) is 0 Å². The summed E-state index contributed by atoms with van der Waals surface area (Å²) in [6, 6.07) is 42.6. The molecule has 1 unspecified atom stereocenters. The van der Waals surface area contributed by atoms with E-state index in [0.717, 1.165) is 43.6 Å². The molecule has 164 valence electrons. The van der Waals surface area contributed by atoms with Gasteiger partial charge in [-0.2, -0.15) is 5.26 Å². The highest BCUT2D eigenvalue weighted by Gasteiger charge is 2.17. The van der Waals surface area contributed by atoms with Crippen LogP contribution in [0.25, 0.3) is 11.1 Å². The first-order valence-electron chi connectivity index (χ1n) is 11.7. The van der Waals surface area contributed by atoms with Gasteiger partial charge in [0.2, 0.25) is 0 Å². The Morgan fingerprint density at radius 2 is 1.21 bits per heavy atom. The molecule has 0 aliphatic rings. The molecule has 4 aromatic rings. The molecule has 0 radical (unpaired) electrons. The van der Waals surface area contributed by atoms with E-state index in [1.54, 1.807) is 0 Å². The number of benzene rings is 4. The molecule has 4 rings (SSSR count). The molecule has 0 heterocycles. The van der Waals surface area contributed by atoms with Crippen molar-refractivity contribution in [3.05, 3.63) is 132 Å². The predicted octanol–water partition coefficient (Wildman–Crippen LogP) is 7.10. The summed E-state index contributed by atoms with van der Waals surface area (Å²) in [7, 11) is 0. The lowest BCUT2D eigenvalue weighted by atomic mass is 9.89. The fourth-order valence-corrected chi connectivity index (χ4v) is 4.33. The van der Waals surface area contributed by atoms with Crippen molar-refractivity contribution in [2.24, 2.45) is 0 Å². The van der Waals surface area contributed by atoms with E-state index in [1.807, 2.05) is 12.1 Å². The molecule has 0 aliphatic heterocycles. The van der Waals surface area contributed by atoms with E-state index in [1.165, 1.54) is 16.7 Å². The Bertz CT molecular complexity index is 1150. The minimum Gasteiger partial charge on any atom is -0.299 e. The maximum atomic E-state index is 10.1. The highest BCUT2D eigenvalue weighted by Crippen LogP contribution is 2.31. The van der Waals surface area contributed by atoms with Gasteiger partial charge in [-0.15, -0.1) is 0 Å². The van der Waals surface area contributed by atoms with Crippen molar-refractivity contribution in [1.82, 2.24) is 4.90 Å². The van der Waals surface area contributed by atoms with Crippen molar-refractivity contribution in [3.63, 3.8) is 0 Å². The third kappa shape index (κ3) is 6.42. The Morgan fingerprint density at radius 1 is 0.636 bits per heavy atom. The van der Waals surface area contributed by atoms with Crippen LogP contribution in [-0.4, -0.2) is 18.0 Å². The molecule has 0 bridgehead atoms. The molecule has 0 saturated carbocycles. The van der Waals surface area contributed by atoms with Crippen LogP contribution in [0.15, 0.2) is 115 Å². The molecule has 0 aromatic heterocycles. The highest BCUT2D eigenvalue weighted by atomic mass is 15.1. The standard InChI is InChI=1S/C31H30N2/c32-24-29(31-19-11-10-18-30(31)28-16-8-3-9-17-28)21-23-33(25-27-14-6-2-7-15-27)22-20-26-12-4-1-5-13-26/h1-19,29H,20-23,25H2. The largest absolute Gasteiger partial charge is 0.299 e. The van der Waals surface area contributed by atoms with Crippen molar-refractivity contribution in [1.29, 1.82) is 5.26 Å². The molecule has 0 N–H and O–H groups in total. The first-order valence-corrected chi connectivity index (χ1v) is 11.7. The Kier molecular flexibility index (Phi) is 8.06. The van der Waals surface area contributed by atoms with Crippen LogP contribution in [0.5, 0.6) is 0 Å². The van der Waals surface area contributed by atoms with E-state index in [4.69, 9.17) is 0 Å². The van der Waals surface area contributed by atoms with Crippen LogP contribution in [0, 0.1) is 11.3 Å². The summed E-state index contributed by atoms with van der Waals surface area (Å²) in [6.45, 7) is 2.74. The Labute approximate surface area is 197 Å². The summed E-state index contributed by atoms with van der Waals surface area (Å²) in [5.74, 6) is -0.142. The van der Waals surface area contributed by atoms with Gasteiger partial charge in [-0.1, -0.05) is 115 Å². The molecular formula is C31H30N2. The van der Waals surface area contributed by atoms with E-state index in [9.17, 15) is 5.26 Å². The van der Waals surface area contributed by atoms with Crippen molar-refractivity contribution in [2.45, 2.75) is 25.3 Å².